The topological polar surface area (TPSA) is 107 Å². The van der Waals surface area contributed by atoms with Crippen LogP contribution in [0.25, 0.3) is 10.9 Å². The van der Waals surface area contributed by atoms with Crippen molar-refractivity contribution in [1.29, 1.82) is 0 Å². The fraction of sp³-hybridized carbons (Fsp3) is 0.167. The Morgan fingerprint density at radius 2 is 1.96 bits per heavy atom. The summed E-state index contributed by atoms with van der Waals surface area (Å²) in [4.78, 5) is 39.0. The molecule has 1 amide bonds. The van der Waals surface area contributed by atoms with Gasteiger partial charge in [0.2, 0.25) is 5.91 Å². The van der Waals surface area contributed by atoms with E-state index in [0.717, 1.165) is 11.1 Å². The number of carbonyl (C=O) groups is 1. The minimum atomic E-state index is -0.552. The number of nitro groups is 1. The Kier molecular flexibility index (Phi) is 4.49. The maximum absolute atomic E-state index is 12.5. The van der Waals surface area contributed by atoms with Crippen LogP contribution in [0.15, 0.2) is 47.5 Å². The predicted molar refractivity (Wildman–Crippen MR) is 97.2 cm³/mol. The normalized spacial score (nSPS) is 10.7. The number of nitrogens with zero attached hydrogens (tertiary/aromatic N) is 3. The molecule has 8 heteroatoms. The van der Waals surface area contributed by atoms with Crippen LogP contribution in [-0.4, -0.2) is 20.4 Å². The van der Waals surface area contributed by atoms with Crippen LogP contribution in [0.5, 0.6) is 0 Å². The average Bonchev–Trinajstić information content (AvgIpc) is 2.60. The van der Waals surface area contributed by atoms with Crippen molar-refractivity contribution in [3.8, 4) is 0 Å². The zero-order valence-corrected chi connectivity index (χ0v) is 14.2. The number of fused-ring (bicyclic) bond motifs is 1. The summed E-state index contributed by atoms with van der Waals surface area (Å²) >= 11 is 0. The molecule has 0 aliphatic heterocycles. The van der Waals surface area contributed by atoms with Gasteiger partial charge in [0.25, 0.3) is 11.2 Å². The number of hydrogen-bond donors (Lipinski definition) is 1. The molecule has 3 rings (SSSR count). The van der Waals surface area contributed by atoms with Gasteiger partial charge in [-0.05, 0) is 43.2 Å². The Morgan fingerprint density at radius 1 is 1.19 bits per heavy atom. The smallest absolute Gasteiger partial charge is 0.271 e. The molecule has 1 heterocycles. The van der Waals surface area contributed by atoms with Gasteiger partial charge in [0.15, 0.2) is 0 Å². The first-order chi connectivity index (χ1) is 12.3. The van der Waals surface area contributed by atoms with Gasteiger partial charge in [0, 0.05) is 17.8 Å². The number of aromatic nitrogens is 2. The summed E-state index contributed by atoms with van der Waals surface area (Å²) in [5, 5.41) is 13.8. The Bertz CT molecular complexity index is 1090. The van der Waals surface area contributed by atoms with Crippen LogP contribution in [0.1, 0.15) is 11.1 Å². The van der Waals surface area contributed by atoms with Gasteiger partial charge in [-0.1, -0.05) is 6.07 Å². The predicted octanol–water partition coefficient (Wildman–Crippen LogP) is 2.56. The summed E-state index contributed by atoms with van der Waals surface area (Å²) in [5.41, 5.74) is 2.46. The summed E-state index contributed by atoms with van der Waals surface area (Å²) < 4.78 is 1.17. The number of carbonyl (C=O) groups excluding carboxylic acids is 1. The molecule has 0 aliphatic carbocycles. The van der Waals surface area contributed by atoms with E-state index in [0.29, 0.717) is 5.69 Å². The lowest BCUT2D eigenvalue weighted by molar-refractivity contribution is -0.384. The minimum Gasteiger partial charge on any atom is -0.325 e. The molecule has 0 unspecified atom stereocenters. The molecule has 3 aromatic rings. The first-order valence-corrected chi connectivity index (χ1v) is 7.86. The quantitative estimate of drug-likeness (QED) is 0.573. The third-order valence-electron chi connectivity index (χ3n) is 4.12. The van der Waals surface area contributed by atoms with Crippen LogP contribution in [0.4, 0.5) is 11.4 Å². The summed E-state index contributed by atoms with van der Waals surface area (Å²) in [7, 11) is 0. The van der Waals surface area contributed by atoms with Crippen molar-refractivity contribution in [3.63, 3.8) is 0 Å². The third-order valence-corrected chi connectivity index (χ3v) is 4.12. The van der Waals surface area contributed by atoms with E-state index in [1.54, 1.807) is 6.07 Å². The maximum Gasteiger partial charge on any atom is 0.271 e. The first-order valence-electron chi connectivity index (χ1n) is 7.86. The number of amides is 1. The van der Waals surface area contributed by atoms with Crippen LogP contribution in [0.3, 0.4) is 0 Å². The van der Waals surface area contributed by atoms with Crippen LogP contribution >= 0.6 is 0 Å². The minimum absolute atomic E-state index is 0.144. The highest BCUT2D eigenvalue weighted by molar-refractivity contribution is 5.91. The van der Waals surface area contributed by atoms with Crippen molar-refractivity contribution in [1.82, 2.24) is 9.55 Å². The van der Waals surface area contributed by atoms with E-state index < -0.39 is 10.5 Å². The Balaban J connectivity index is 1.84. The number of nitrogens with one attached hydrogen (secondary N) is 1. The number of nitro benzene ring substituents is 1. The van der Waals surface area contributed by atoms with E-state index in [-0.39, 0.29) is 29.0 Å². The number of hydrogen-bond acceptors (Lipinski definition) is 5. The van der Waals surface area contributed by atoms with E-state index in [2.05, 4.69) is 10.3 Å². The molecule has 0 saturated carbocycles. The second-order valence-corrected chi connectivity index (χ2v) is 5.98. The highest BCUT2D eigenvalue weighted by Crippen LogP contribution is 2.16. The van der Waals surface area contributed by atoms with E-state index in [1.807, 2.05) is 26.0 Å². The van der Waals surface area contributed by atoms with Gasteiger partial charge in [-0.15, -0.1) is 0 Å². The van der Waals surface area contributed by atoms with E-state index in [1.165, 1.54) is 29.1 Å². The Labute approximate surface area is 148 Å². The van der Waals surface area contributed by atoms with Crippen LogP contribution in [0, 0.1) is 24.0 Å². The molecule has 26 heavy (non-hydrogen) atoms. The molecule has 0 radical (unpaired) electrons. The molecule has 0 spiro atoms. The van der Waals surface area contributed by atoms with Gasteiger partial charge in [0.05, 0.1) is 22.2 Å². The standard InChI is InChI=1S/C18H16N4O4/c1-11-3-4-13(7-12(11)2)20-17(23)9-21-10-19-16-8-14(22(25)26)5-6-15(16)18(21)24/h3-8,10H,9H2,1-2H3,(H,20,23). The summed E-state index contributed by atoms with van der Waals surface area (Å²) in [6.07, 6.45) is 1.22. The fourth-order valence-electron chi connectivity index (χ4n) is 2.55. The van der Waals surface area contributed by atoms with Crippen molar-refractivity contribution >= 4 is 28.2 Å². The van der Waals surface area contributed by atoms with Gasteiger partial charge in [-0.3, -0.25) is 24.3 Å². The molecular formula is C18H16N4O4. The lowest BCUT2D eigenvalue weighted by Crippen LogP contribution is -2.28. The summed E-state index contributed by atoms with van der Waals surface area (Å²) in [6, 6.07) is 9.37. The Morgan fingerprint density at radius 3 is 2.65 bits per heavy atom. The van der Waals surface area contributed by atoms with Gasteiger partial charge in [-0.2, -0.15) is 0 Å². The van der Waals surface area contributed by atoms with Gasteiger partial charge in [-0.25, -0.2) is 4.98 Å². The van der Waals surface area contributed by atoms with Crippen LogP contribution < -0.4 is 10.9 Å². The highest BCUT2D eigenvalue weighted by atomic mass is 16.6. The molecule has 0 bridgehead atoms. The average molecular weight is 352 g/mol. The fourth-order valence-corrected chi connectivity index (χ4v) is 2.55. The number of aryl methyl sites for hydroxylation is 2. The zero-order valence-electron chi connectivity index (χ0n) is 14.2. The molecule has 2 aromatic carbocycles. The van der Waals surface area contributed by atoms with Crippen LogP contribution in [-0.2, 0) is 11.3 Å². The van der Waals surface area contributed by atoms with Crippen molar-refractivity contribution in [2.24, 2.45) is 0 Å². The molecule has 0 saturated heterocycles. The second kappa shape index (κ2) is 6.75. The van der Waals surface area contributed by atoms with E-state index in [4.69, 9.17) is 0 Å². The first kappa shape index (κ1) is 17.3. The zero-order chi connectivity index (χ0) is 18.8. The second-order valence-electron chi connectivity index (χ2n) is 5.98. The molecule has 0 fully saturated rings. The third kappa shape index (κ3) is 3.44. The number of benzene rings is 2. The van der Waals surface area contributed by atoms with E-state index in [9.17, 15) is 19.7 Å². The van der Waals surface area contributed by atoms with Crippen molar-refractivity contribution in [2.45, 2.75) is 20.4 Å². The number of non-ortho nitro benzene ring substituents is 1. The monoisotopic (exact) mass is 352 g/mol. The lowest BCUT2D eigenvalue weighted by atomic mass is 10.1. The molecule has 8 nitrogen and oxygen atoms in total. The Hall–Kier alpha value is -3.55. The highest BCUT2D eigenvalue weighted by Gasteiger charge is 2.12. The number of rotatable bonds is 4. The summed E-state index contributed by atoms with van der Waals surface area (Å²) in [6.45, 7) is 3.72. The SMILES string of the molecule is Cc1ccc(NC(=O)Cn2cnc3cc([N+](=O)[O-])ccc3c2=O)cc1C. The molecule has 0 atom stereocenters. The summed E-state index contributed by atoms with van der Waals surface area (Å²) in [5.74, 6) is -0.363. The van der Waals surface area contributed by atoms with Gasteiger partial charge < -0.3 is 5.32 Å². The number of anilines is 1. The largest absolute Gasteiger partial charge is 0.325 e. The maximum atomic E-state index is 12.5. The van der Waals surface area contributed by atoms with Crippen molar-refractivity contribution in [2.75, 3.05) is 5.32 Å². The molecular weight excluding hydrogens is 336 g/mol. The molecule has 132 valence electrons. The van der Waals surface area contributed by atoms with Gasteiger partial charge >= 0.3 is 0 Å². The molecule has 1 N–H and O–H groups in total. The van der Waals surface area contributed by atoms with Crippen molar-refractivity contribution < 1.29 is 9.72 Å². The molecule has 1 aromatic heterocycles. The van der Waals surface area contributed by atoms with Crippen LogP contribution in [0.2, 0.25) is 0 Å². The van der Waals surface area contributed by atoms with Crippen molar-refractivity contribution in [3.05, 3.63) is 74.3 Å². The van der Waals surface area contributed by atoms with E-state index >= 15 is 0 Å². The lowest BCUT2D eigenvalue weighted by Gasteiger charge is -2.09. The molecule has 0 aliphatic rings. The van der Waals surface area contributed by atoms with Gasteiger partial charge in [0.1, 0.15) is 6.54 Å².